The summed E-state index contributed by atoms with van der Waals surface area (Å²) < 4.78 is 17.7. The van der Waals surface area contributed by atoms with E-state index in [1.54, 1.807) is 41.8 Å². The standard InChI is InChI=1S/C40H43N5O9/c1-4-5-6-9-24(2)44(25(3)47)17-16-28-29-10-7-8-11-33(29)43-36-31(28)20-45-34(36)18-30-32(38(45)49)22-52-39(50)37(30)54-40(51)53-21-26-12-14-27(15-13-26)42-35(48)19-41-23-46/h7-8,10-15,18,23-24,37H,4-6,9,16-17,19-22H2,1-3H3,(H,41,46)(H,42,48). The maximum atomic E-state index is 14.0. The molecular weight excluding hydrogens is 694 g/mol. The topological polar surface area (TPSA) is 175 Å². The van der Waals surface area contributed by atoms with E-state index >= 15 is 0 Å². The summed E-state index contributed by atoms with van der Waals surface area (Å²) in [4.78, 5) is 81.8. The number of benzene rings is 2. The van der Waals surface area contributed by atoms with Gasteiger partial charge in [-0.1, -0.05) is 56.5 Å². The summed E-state index contributed by atoms with van der Waals surface area (Å²) in [5.41, 5.74) is 4.74. The predicted molar refractivity (Wildman–Crippen MR) is 198 cm³/mol. The molecule has 0 saturated heterocycles. The lowest BCUT2D eigenvalue weighted by Gasteiger charge is -2.29. The van der Waals surface area contributed by atoms with E-state index in [4.69, 9.17) is 19.2 Å². The Hall–Kier alpha value is -6.05. The van der Waals surface area contributed by atoms with Crippen molar-refractivity contribution in [3.05, 3.63) is 92.8 Å². The number of anilines is 1. The van der Waals surface area contributed by atoms with Crippen molar-refractivity contribution < 1.29 is 38.2 Å². The van der Waals surface area contributed by atoms with Gasteiger partial charge in [-0.25, -0.2) is 14.6 Å². The molecule has 14 nitrogen and oxygen atoms in total. The smallest absolute Gasteiger partial charge is 0.458 e. The number of cyclic esters (lactones) is 1. The SMILES string of the molecule is CCCCCC(C)N(CCc1c2c(nc3ccccc13)-c1cc3c(c(=O)n1C2)COC(=O)C3OC(=O)OCc1ccc(NC(=O)CNC=O)cc1)C(C)=O. The van der Waals surface area contributed by atoms with Crippen LogP contribution in [0.2, 0.25) is 0 Å². The van der Waals surface area contributed by atoms with Gasteiger partial charge in [0.2, 0.25) is 24.3 Å². The zero-order valence-electron chi connectivity index (χ0n) is 30.5. The fraction of sp³-hybridized carbons (Fsp3) is 0.375. The molecule has 4 heterocycles. The van der Waals surface area contributed by atoms with Crippen molar-refractivity contribution in [1.82, 2.24) is 19.8 Å². The quantitative estimate of drug-likeness (QED) is 0.0853. The highest BCUT2D eigenvalue weighted by Crippen LogP contribution is 2.39. The molecule has 2 N–H and O–H groups in total. The molecule has 3 amide bonds. The van der Waals surface area contributed by atoms with Crippen LogP contribution in [0.3, 0.4) is 0 Å². The third kappa shape index (κ3) is 8.12. The Balaban J connectivity index is 1.23. The average Bonchev–Trinajstić information content (AvgIpc) is 3.53. The first-order valence-corrected chi connectivity index (χ1v) is 18.1. The number of nitrogens with one attached hydrogen (secondary N) is 2. The Labute approximate surface area is 311 Å². The molecule has 2 aliphatic heterocycles. The number of ether oxygens (including phenoxy) is 3. The van der Waals surface area contributed by atoms with Crippen LogP contribution >= 0.6 is 0 Å². The summed E-state index contributed by atoms with van der Waals surface area (Å²) in [6, 6.07) is 15.9. The van der Waals surface area contributed by atoms with Gasteiger partial charge in [-0.3, -0.25) is 19.2 Å². The summed E-state index contributed by atoms with van der Waals surface area (Å²) in [6.45, 7) is 5.93. The van der Waals surface area contributed by atoms with Gasteiger partial charge in [0.15, 0.2) is 0 Å². The van der Waals surface area contributed by atoms with E-state index in [1.807, 2.05) is 29.2 Å². The van der Waals surface area contributed by atoms with Crippen LogP contribution in [0, 0.1) is 0 Å². The van der Waals surface area contributed by atoms with Crippen LogP contribution < -0.4 is 16.2 Å². The van der Waals surface area contributed by atoms with Crippen molar-refractivity contribution in [3.63, 3.8) is 0 Å². The molecule has 0 aliphatic carbocycles. The second kappa shape index (κ2) is 16.7. The summed E-state index contributed by atoms with van der Waals surface area (Å²) in [7, 11) is 0. The summed E-state index contributed by atoms with van der Waals surface area (Å²) >= 11 is 0. The van der Waals surface area contributed by atoms with Crippen LogP contribution in [0.15, 0.2) is 59.4 Å². The molecule has 0 radical (unpaired) electrons. The predicted octanol–water partition coefficient (Wildman–Crippen LogP) is 4.92. The largest absolute Gasteiger partial charge is 0.509 e. The Morgan fingerprint density at radius 1 is 1.09 bits per heavy atom. The number of esters is 1. The highest BCUT2D eigenvalue weighted by Gasteiger charge is 2.38. The summed E-state index contributed by atoms with van der Waals surface area (Å²) in [6.07, 6.45) is 2.48. The Bertz CT molecular complexity index is 2150. The number of aromatic nitrogens is 2. The van der Waals surface area contributed by atoms with Crippen molar-refractivity contribution in [1.29, 1.82) is 0 Å². The molecule has 2 aliphatic rings. The van der Waals surface area contributed by atoms with E-state index in [9.17, 15) is 28.8 Å². The molecule has 2 aromatic heterocycles. The lowest BCUT2D eigenvalue weighted by Crippen LogP contribution is -2.38. The zero-order chi connectivity index (χ0) is 38.4. The highest BCUT2D eigenvalue weighted by atomic mass is 16.7. The summed E-state index contributed by atoms with van der Waals surface area (Å²) in [5.74, 6) is -1.23. The molecular formula is C40H43N5O9. The fourth-order valence-electron chi connectivity index (χ4n) is 7.11. The van der Waals surface area contributed by atoms with Gasteiger partial charge in [-0.05, 0) is 55.2 Å². The molecule has 2 unspecified atom stereocenters. The molecule has 0 bridgehead atoms. The van der Waals surface area contributed by atoms with Crippen molar-refractivity contribution >= 4 is 46.9 Å². The Kier molecular flexibility index (Phi) is 11.7. The molecule has 6 rings (SSSR count). The molecule has 0 spiro atoms. The molecule has 0 saturated carbocycles. The minimum absolute atomic E-state index is 0.0138. The lowest BCUT2D eigenvalue weighted by atomic mass is 9.96. The van der Waals surface area contributed by atoms with Crippen LogP contribution in [0.25, 0.3) is 22.3 Å². The van der Waals surface area contributed by atoms with Gasteiger partial charge in [-0.2, -0.15) is 0 Å². The van der Waals surface area contributed by atoms with E-state index < -0.39 is 24.1 Å². The van der Waals surface area contributed by atoms with Crippen molar-refractivity contribution in [2.75, 3.05) is 18.4 Å². The number of carbonyl (C=O) groups is 5. The minimum atomic E-state index is -1.54. The Morgan fingerprint density at radius 2 is 1.87 bits per heavy atom. The second-order valence-electron chi connectivity index (χ2n) is 13.5. The van der Waals surface area contributed by atoms with Crippen molar-refractivity contribution in [2.24, 2.45) is 0 Å². The number of amides is 3. The molecule has 282 valence electrons. The van der Waals surface area contributed by atoms with Gasteiger partial charge >= 0.3 is 12.1 Å². The van der Waals surface area contributed by atoms with Gasteiger partial charge in [-0.15, -0.1) is 0 Å². The van der Waals surface area contributed by atoms with Crippen LogP contribution in [-0.4, -0.2) is 63.9 Å². The molecule has 14 heteroatoms. The molecule has 0 fully saturated rings. The molecule has 2 atom stereocenters. The molecule has 54 heavy (non-hydrogen) atoms. The van der Waals surface area contributed by atoms with E-state index in [1.165, 1.54) is 0 Å². The number of hydrogen-bond donors (Lipinski definition) is 2. The first kappa shape index (κ1) is 37.7. The maximum Gasteiger partial charge on any atom is 0.509 e. The molecule has 4 aromatic rings. The highest BCUT2D eigenvalue weighted by molar-refractivity contribution is 5.93. The summed E-state index contributed by atoms with van der Waals surface area (Å²) in [5, 5.41) is 5.83. The number of hydrogen-bond acceptors (Lipinski definition) is 10. The van der Waals surface area contributed by atoms with Gasteiger partial charge in [0.1, 0.15) is 13.2 Å². The van der Waals surface area contributed by atoms with Crippen LogP contribution in [0.4, 0.5) is 10.5 Å². The lowest BCUT2D eigenvalue weighted by molar-refractivity contribution is -0.159. The number of rotatable bonds is 15. The van der Waals surface area contributed by atoms with E-state index in [2.05, 4.69) is 24.5 Å². The number of fused-ring (bicyclic) bond motifs is 5. The maximum absolute atomic E-state index is 14.0. The van der Waals surface area contributed by atoms with Crippen LogP contribution in [0.5, 0.6) is 0 Å². The van der Waals surface area contributed by atoms with E-state index in [0.29, 0.717) is 42.0 Å². The number of para-hydroxylation sites is 1. The van der Waals surface area contributed by atoms with Gasteiger partial charge in [0.25, 0.3) is 5.56 Å². The number of carbonyl (C=O) groups excluding carboxylic acids is 5. The number of pyridine rings is 2. The van der Waals surface area contributed by atoms with Gasteiger partial charge in [0, 0.05) is 41.7 Å². The molecule has 2 aromatic carbocycles. The monoisotopic (exact) mass is 737 g/mol. The van der Waals surface area contributed by atoms with Gasteiger partial charge < -0.3 is 34.3 Å². The van der Waals surface area contributed by atoms with Crippen LogP contribution in [-0.2, 0) is 59.6 Å². The number of unbranched alkanes of at least 4 members (excludes halogenated alkanes) is 2. The van der Waals surface area contributed by atoms with Crippen LogP contribution in [0.1, 0.15) is 80.4 Å². The van der Waals surface area contributed by atoms with E-state index in [0.717, 1.165) is 47.7 Å². The fourth-order valence-corrected chi connectivity index (χ4v) is 7.11. The third-order valence-electron chi connectivity index (χ3n) is 9.88. The average molecular weight is 738 g/mol. The normalized spacial score (nSPS) is 14.6. The number of nitrogens with zero attached hydrogens (tertiary/aromatic N) is 3. The van der Waals surface area contributed by atoms with E-state index in [-0.39, 0.29) is 54.9 Å². The second-order valence-corrected chi connectivity index (χ2v) is 13.5. The first-order valence-electron chi connectivity index (χ1n) is 18.1. The minimum Gasteiger partial charge on any atom is -0.458 e. The van der Waals surface area contributed by atoms with Gasteiger partial charge in [0.05, 0.1) is 35.6 Å². The zero-order valence-corrected chi connectivity index (χ0v) is 30.5. The third-order valence-corrected chi connectivity index (χ3v) is 9.88. The first-order chi connectivity index (χ1) is 26.1. The van der Waals surface area contributed by atoms with Crippen molar-refractivity contribution in [3.8, 4) is 11.4 Å². The Morgan fingerprint density at radius 3 is 2.61 bits per heavy atom. The van der Waals surface area contributed by atoms with Crippen molar-refractivity contribution in [2.45, 2.75) is 84.8 Å².